The Labute approximate surface area is 226 Å². The number of ether oxygens (including phenoxy) is 1. The molecule has 3 aromatic rings. The van der Waals surface area contributed by atoms with Crippen LogP contribution in [0.4, 0.5) is 4.79 Å². The number of hydrogen-bond donors (Lipinski definition) is 2. The minimum atomic E-state index is -0.508. The van der Waals surface area contributed by atoms with Gasteiger partial charge in [-0.05, 0) is 81.5 Å². The first kappa shape index (κ1) is 27.4. The van der Waals surface area contributed by atoms with Crippen LogP contribution in [-0.2, 0) is 16.0 Å². The van der Waals surface area contributed by atoms with Gasteiger partial charge in [0, 0.05) is 30.4 Å². The Kier molecular flexibility index (Phi) is 9.16. The van der Waals surface area contributed by atoms with Gasteiger partial charge < -0.3 is 15.4 Å². The molecule has 6 nitrogen and oxygen atoms in total. The normalized spacial score (nSPS) is 18.3. The Hall–Kier alpha value is -3.67. The highest BCUT2D eigenvalue weighted by molar-refractivity contribution is 5.79. The summed E-state index contributed by atoms with van der Waals surface area (Å²) in [7, 11) is 0. The van der Waals surface area contributed by atoms with Gasteiger partial charge in [0.15, 0.2) is 0 Å². The van der Waals surface area contributed by atoms with Crippen molar-refractivity contribution in [3.8, 4) is 11.1 Å². The molecule has 1 unspecified atom stereocenters. The number of rotatable bonds is 8. The molecule has 0 spiro atoms. The first-order valence-corrected chi connectivity index (χ1v) is 13.6. The fourth-order valence-electron chi connectivity index (χ4n) is 5.00. The molecular weight excluding hydrogens is 474 g/mol. The number of alkyl carbamates (subject to hydrolysis) is 1. The smallest absolute Gasteiger partial charge is 0.407 e. The zero-order valence-corrected chi connectivity index (χ0v) is 22.7. The molecule has 0 saturated heterocycles. The molecule has 2 amide bonds. The molecule has 0 bridgehead atoms. The van der Waals surface area contributed by atoms with Crippen LogP contribution in [-0.4, -0.2) is 29.1 Å². The standard InChI is InChI=1S/C32H39N3O3/c1-32(2,3)38-31(37)34-20-24-14-16-26(17-15-24)30(36)35-29(18-23-10-6-4-7-11-23)28-19-27(21-33-22-28)25-12-8-5-9-13-25/h4-13,19,21-22,24,26,29H,14-18,20H2,1-3H3,(H,34,37)(H,35,36). The second kappa shape index (κ2) is 12.7. The largest absolute Gasteiger partial charge is 0.444 e. The molecule has 1 heterocycles. The molecule has 2 aromatic carbocycles. The number of amides is 2. The van der Waals surface area contributed by atoms with Crippen molar-refractivity contribution in [2.75, 3.05) is 6.54 Å². The lowest BCUT2D eigenvalue weighted by Gasteiger charge is -2.30. The molecule has 1 fully saturated rings. The van der Waals surface area contributed by atoms with Crippen molar-refractivity contribution in [1.29, 1.82) is 0 Å². The summed E-state index contributed by atoms with van der Waals surface area (Å²) < 4.78 is 5.34. The summed E-state index contributed by atoms with van der Waals surface area (Å²) >= 11 is 0. The number of nitrogens with zero attached hydrogens (tertiary/aromatic N) is 1. The molecule has 0 aliphatic heterocycles. The summed E-state index contributed by atoms with van der Waals surface area (Å²) in [6.45, 7) is 6.15. The number of nitrogens with one attached hydrogen (secondary N) is 2. The second-order valence-electron chi connectivity index (χ2n) is 11.2. The van der Waals surface area contributed by atoms with Crippen LogP contribution in [0.25, 0.3) is 11.1 Å². The monoisotopic (exact) mass is 513 g/mol. The molecular formula is C32H39N3O3. The van der Waals surface area contributed by atoms with E-state index in [2.05, 4.69) is 45.9 Å². The molecule has 6 heteroatoms. The van der Waals surface area contributed by atoms with Crippen LogP contribution in [0, 0.1) is 11.8 Å². The third-order valence-corrected chi connectivity index (χ3v) is 7.02. The van der Waals surface area contributed by atoms with E-state index in [9.17, 15) is 9.59 Å². The Bertz CT molecular complexity index is 1180. The maximum atomic E-state index is 13.4. The van der Waals surface area contributed by atoms with Crippen molar-refractivity contribution < 1.29 is 14.3 Å². The molecule has 4 rings (SSSR count). The molecule has 1 aliphatic carbocycles. The maximum absolute atomic E-state index is 13.4. The molecule has 1 aliphatic rings. The van der Waals surface area contributed by atoms with Crippen LogP contribution < -0.4 is 10.6 Å². The van der Waals surface area contributed by atoms with Crippen molar-refractivity contribution in [3.05, 3.63) is 90.3 Å². The Morgan fingerprint density at radius 2 is 1.58 bits per heavy atom. The van der Waals surface area contributed by atoms with Crippen molar-refractivity contribution >= 4 is 12.0 Å². The highest BCUT2D eigenvalue weighted by atomic mass is 16.6. The van der Waals surface area contributed by atoms with Crippen LogP contribution >= 0.6 is 0 Å². The molecule has 2 N–H and O–H groups in total. The number of hydrogen-bond acceptors (Lipinski definition) is 4. The van der Waals surface area contributed by atoms with Gasteiger partial charge in [-0.1, -0.05) is 60.7 Å². The Morgan fingerprint density at radius 1 is 0.921 bits per heavy atom. The minimum Gasteiger partial charge on any atom is -0.444 e. The molecule has 0 radical (unpaired) electrons. The number of pyridine rings is 1. The van der Waals surface area contributed by atoms with Crippen LogP contribution in [0.3, 0.4) is 0 Å². The second-order valence-corrected chi connectivity index (χ2v) is 11.2. The van der Waals surface area contributed by atoms with E-state index in [1.165, 1.54) is 5.56 Å². The summed E-state index contributed by atoms with van der Waals surface area (Å²) in [6, 6.07) is 22.4. The van der Waals surface area contributed by atoms with Gasteiger partial charge in [0.25, 0.3) is 0 Å². The van der Waals surface area contributed by atoms with Crippen molar-refractivity contribution in [2.45, 2.75) is 64.5 Å². The Morgan fingerprint density at radius 3 is 2.24 bits per heavy atom. The topological polar surface area (TPSA) is 80.3 Å². The molecule has 1 saturated carbocycles. The zero-order chi connectivity index (χ0) is 27.0. The molecule has 1 atom stereocenters. The number of aromatic nitrogens is 1. The maximum Gasteiger partial charge on any atom is 0.407 e. The average molecular weight is 514 g/mol. The van der Waals surface area contributed by atoms with Gasteiger partial charge in [0.2, 0.25) is 5.91 Å². The van der Waals surface area contributed by atoms with Gasteiger partial charge in [0.1, 0.15) is 5.60 Å². The van der Waals surface area contributed by atoms with Crippen LogP contribution in [0.15, 0.2) is 79.1 Å². The summed E-state index contributed by atoms with van der Waals surface area (Å²) in [5.41, 5.74) is 3.80. The minimum absolute atomic E-state index is 0.0312. The van der Waals surface area contributed by atoms with E-state index in [1.807, 2.05) is 69.6 Å². The van der Waals surface area contributed by atoms with Gasteiger partial charge in [0.05, 0.1) is 6.04 Å². The quantitative estimate of drug-likeness (QED) is 0.361. The average Bonchev–Trinajstić information content (AvgIpc) is 2.92. The van der Waals surface area contributed by atoms with E-state index < -0.39 is 5.60 Å². The summed E-state index contributed by atoms with van der Waals surface area (Å²) in [4.78, 5) is 29.9. The lowest BCUT2D eigenvalue weighted by Crippen LogP contribution is -2.39. The zero-order valence-electron chi connectivity index (χ0n) is 22.7. The van der Waals surface area contributed by atoms with Crippen molar-refractivity contribution in [3.63, 3.8) is 0 Å². The van der Waals surface area contributed by atoms with Crippen molar-refractivity contribution in [1.82, 2.24) is 15.6 Å². The van der Waals surface area contributed by atoms with Gasteiger partial charge >= 0.3 is 6.09 Å². The predicted octanol–water partition coefficient (Wildman–Crippen LogP) is 6.48. The van der Waals surface area contributed by atoms with E-state index in [0.29, 0.717) is 18.9 Å². The van der Waals surface area contributed by atoms with Gasteiger partial charge in [-0.25, -0.2) is 4.79 Å². The number of benzene rings is 2. The van der Waals surface area contributed by atoms with Crippen LogP contribution in [0.5, 0.6) is 0 Å². The lowest BCUT2D eigenvalue weighted by atomic mass is 9.81. The van der Waals surface area contributed by atoms with Crippen LogP contribution in [0.1, 0.15) is 63.6 Å². The SMILES string of the molecule is CC(C)(C)OC(=O)NCC1CCC(C(=O)NC(Cc2ccccc2)c2cncc(-c3ccccc3)c2)CC1. The number of carbonyl (C=O) groups excluding carboxylic acids is 2. The molecule has 1 aromatic heterocycles. The van der Waals surface area contributed by atoms with Gasteiger partial charge in [-0.2, -0.15) is 0 Å². The first-order chi connectivity index (χ1) is 18.3. The van der Waals surface area contributed by atoms with Crippen molar-refractivity contribution in [2.24, 2.45) is 11.8 Å². The summed E-state index contributed by atoms with van der Waals surface area (Å²) in [5.74, 6) is 0.421. The Balaban J connectivity index is 1.39. The van der Waals surface area contributed by atoms with E-state index in [0.717, 1.165) is 42.4 Å². The molecule has 200 valence electrons. The lowest BCUT2D eigenvalue weighted by molar-refractivity contribution is -0.127. The van der Waals surface area contributed by atoms with E-state index >= 15 is 0 Å². The van der Waals surface area contributed by atoms with E-state index in [4.69, 9.17) is 4.74 Å². The van der Waals surface area contributed by atoms with Gasteiger partial charge in [-0.3, -0.25) is 9.78 Å². The highest BCUT2D eigenvalue weighted by Gasteiger charge is 2.29. The summed E-state index contributed by atoms with van der Waals surface area (Å²) in [6.07, 6.45) is 7.48. The highest BCUT2D eigenvalue weighted by Crippen LogP contribution is 2.30. The van der Waals surface area contributed by atoms with E-state index in [1.54, 1.807) is 0 Å². The number of carbonyl (C=O) groups is 2. The van der Waals surface area contributed by atoms with Crippen LogP contribution in [0.2, 0.25) is 0 Å². The molecule has 38 heavy (non-hydrogen) atoms. The first-order valence-electron chi connectivity index (χ1n) is 13.6. The van der Waals surface area contributed by atoms with Gasteiger partial charge in [-0.15, -0.1) is 0 Å². The third kappa shape index (κ3) is 8.17. The fraction of sp³-hybridized carbons (Fsp3) is 0.406. The summed E-state index contributed by atoms with van der Waals surface area (Å²) in [5, 5.41) is 6.24. The third-order valence-electron chi connectivity index (χ3n) is 7.02. The van der Waals surface area contributed by atoms with E-state index in [-0.39, 0.29) is 24.0 Å². The fourth-order valence-corrected chi connectivity index (χ4v) is 5.00. The predicted molar refractivity (Wildman–Crippen MR) is 150 cm³/mol.